The third kappa shape index (κ3) is 3.67. The van der Waals surface area contributed by atoms with Gasteiger partial charge in [0.1, 0.15) is 0 Å². The second-order valence-electron chi connectivity index (χ2n) is 5.12. The summed E-state index contributed by atoms with van der Waals surface area (Å²) in [6, 6.07) is 15.2. The average molecular weight is 343 g/mol. The lowest BCUT2D eigenvalue weighted by atomic mass is 10.1. The van der Waals surface area contributed by atoms with Crippen LogP contribution in [0.2, 0.25) is 5.02 Å². The normalized spacial score (nSPS) is 15.8. The molecular weight excluding hydrogens is 328 g/mol. The minimum absolute atomic E-state index is 0.0678. The molecule has 2 aromatic rings. The maximum Gasteiger partial charge on any atom is 0.189 e. The summed E-state index contributed by atoms with van der Waals surface area (Å²) in [6.07, 6.45) is 2.45. The lowest BCUT2D eigenvalue weighted by Crippen LogP contribution is -2.20. The molecule has 0 spiro atoms. The predicted molar refractivity (Wildman–Crippen MR) is 95.3 cm³/mol. The van der Waals surface area contributed by atoms with E-state index in [1.54, 1.807) is 0 Å². The van der Waals surface area contributed by atoms with E-state index in [1.807, 2.05) is 60.0 Å². The molecule has 0 saturated carbocycles. The highest BCUT2D eigenvalue weighted by Crippen LogP contribution is 2.27. The molecule has 0 unspecified atom stereocenters. The number of Topliss-reactive ketones (excluding diaryl/α,β-unsaturated/α-hetero) is 1. The van der Waals surface area contributed by atoms with Gasteiger partial charge >= 0.3 is 0 Å². The monoisotopic (exact) mass is 342 g/mol. The van der Waals surface area contributed by atoms with Crippen molar-refractivity contribution in [2.45, 2.75) is 11.3 Å². The number of rotatable bonds is 4. The van der Waals surface area contributed by atoms with E-state index in [1.165, 1.54) is 11.8 Å². The second kappa shape index (κ2) is 7.04. The van der Waals surface area contributed by atoms with Gasteiger partial charge < -0.3 is 5.43 Å². The molecule has 0 fully saturated rings. The first-order valence-corrected chi connectivity index (χ1v) is 8.35. The highest BCUT2D eigenvalue weighted by Gasteiger charge is 2.24. The summed E-state index contributed by atoms with van der Waals surface area (Å²) in [6.45, 7) is 0. The summed E-state index contributed by atoms with van der Waals surface area (Å²) in [4.78, 5) is 13.4. The Labute approximate surface area is 144 Å². The van der Waals surface area contributed by atoms with Crippen molar-refractivity contribution in [3.63, 3.8) is 0 Å². The summed E-state index contributed by atoms with van der Waals surface area (Å²) in [5, 5.41) is 2.58. The standard InChI is InChI=1S/C18H15ClN2OS/c19-14-5-7-16(8-6-14)23-11-15(21-20)10-13-9-12-3-1-2-4-17(12)18(13)22/h1-8,10-11,21H,9,20H2/b13-10+,15-11-. The zero-order chi connectivity index (χ0) is 16.2. The van der Waals surface area contributed by atoms with Crippen LogP contribution in [0.25, 0.3) is 0 Å². The van der Waals surface area contributed by atoms with Crippen LogP contribution < -0.4 is 11.3 Å². The largest absolute Gasteiger partial charge is 0.324 e. The van der Waals surface area contributed by atoms with Crippen LogP contribution in [0.3, 0.4) is 0 Å². The van der Waals surface area contributed by atoms with E-state index < -0.39 is 0 Å². The molecular formula is C18H15ClN2OS. The summed E-state index contributed by atoms with van der Waals surface area (Å²) < 4.78 is 0. The van der Waals surface area contributed by atoms with Gasteiger partial charge in [-0.25, -0.2) is 0 Å². The van der Waals surface area contributed by atoms with Crippen molar-refractivity contribution in [3.05, 3.63) is 87.4 Å². The first kappa shape index (κ1) is 15.9. The minimum Gasteiger partial charge on any atom is -0.324 e. The van der Waals surface area contributed by atoms with E-state index in [9.17, 15) is 4.79 Å². The van der Waals surface area contributed by atoms with Crippen LogP contribution in [0.5, 0.6) is 0 Å². The Morgan fingerprint density at radius 2 is 1.91 bits per heavy atom. The van der Waals surface area contributed by atoms with E-state index in [0.717, 1.165) is 21.6 Å². The van der Waals surface area contributed by atoms with E-state index in [0.29, 0.717) is 17.1 Å². The van der Waals surface area contributed by atoms with Crippen molar-refractivity contribution in [1.29, 1.82) is 0 Å². The quantitative estimate of drug-likeness (QED) is 0.380. The lowest BCUT2D eigenvalue weighted by Gasteiger charge is -2.03. The van der Waals surface area contributed by atoms with Gasteiger partial charge in [0.15, 0.2) is 5.78 Å². The van der Waals surface area contributed by atoms with Crippen LogP contribution >= 0.6 is 23.4 Å². The molecule has 0 amide bonds. The summed E-state index contributed by atoms with van der Waals surface area (Å²) in [5.41, 5.74) is 5.92. The molecule has 0 bridgehead atoms. The van der Waals surface area contributed by atoms with E-state index in [4.69, 9.17) is 17.4 Å². The van der Waals surface area contributed by atoms with Crippen LogP contribution in [-0.2, 0) is 6.42 Å². The summed E-state index contributed by atoms with van der Waals surface area (Å²) in [5.74, 6) is 5.65. The molecule has 23 heavy (non-hydrogen) atoms. The van der Waals surface area contributed by atoms with Gasteiger partial charge in [0, 0.05) is 32.9 Å². The number of hydrazine groups is 1. The smallest absolute Gasteiger partial charge is 0.189 e. The third-order valence-corrected chi connectivity index (χ3v) is 4.73. The fourth-order valence-corrected chi connectivity index (χ4v) is 3.23. The van der Waals surface area contributed by atoms with Crippen LogP contribution in [-0.4, -0.2) is 5.78 Å². The van der Waals surface area contributed by atoms with E-state index in [2.05, 4.69) is 5.43 Å². The fourth-order valence-electron chi connectivity index (χ4n) is 2.41. The number of carbonyl (C=O) groups is 1. The zero-order valence-electron chi connectivity index (χ0n) is 12.3. The molecule has 1 aliphatic rings. The van der Waals surface area contributed by atoms with Crippen molar-refractivity contribution in [2.24, 2.45) is 5.84 Å². The molecule has 0 aromatic heterocycles. The number of nitrogens with one attached hydrogen (secondary N) is 1. The molecule has 0 atom stereocenters. The number of nitrogens with two attached hydrogens (primary N) is 1. The van der Waals surface area contributed by atoms with Gasteiger partial charge in [-0.3, -0.25) is 10.6 Å². The topological polar surface area (TPSA) is 55.1 Å². The van der Waals surface area contributed by atoms with Gasteiger partial charge in [-0.15, -0.1) is 0 Å². The molecule has 116 valence electrons. The van der Waals surface area contributed by atoms with E-state index >= 15 is 0 Å². The zero-order valence-corrected chi connectivity index (χ0v) is 13.8. The molecule has 0 heterocycles. The number of thioether (sulfide) groups is 1. The average Bonchev–Trinajstić information content (AvgIpc) is 2.89. The van der Waals surface area contributed by atoms with Gasteiger partial charge in [-0.05, 0) is 35.9 Å². The molecule has 3 nitrogen and oxygen atoms in total. The predicted octanol–water partition coefficient (Wildman–Crippen LogP) is 4.10. The van der Waals surface area contributed by atoms with Gasteiger partial charge in [0.2, 0.25) is 0 Å². The first-order chi connectivity index (χ1) is 11.2. The molecule has 0 aliphatic heterocycles. The Morgan fingerprint density at radius 1 is 1.17 bits per heavy atom. The highest BCUT2D eigenvalue weighted by molar-refractivity contribution is 8.02. The number of fused-ring (bicyclic) bond motifs is 1. The van der Waals surface area contributed by atoms with Crippen LogP contribution in [0.15, 0.2) is 76.2 Å². The number of hydrogen-bond donors (Lipinski definition) is 2. The molecule has 2 aromatic carbocycles. The Morgan fingerprint density at radius 3 is 2.61 bits per heavy atom. The highest BCUT2D eigenvalue weighted by atomic mass is 35.5. The second-order valence-corrected chi connectivity index (χ2v) is 6.50. The van der Waals surface area contributed by atoms with Crippen molar-refractivity contribution in [1.82, 2.24) is 5.43 Å². The molecule has 3 N–H and O–H groups in total. The minimum atomic E-state index is 0.0678. The van der Waals surface area contributed by atoms with Crippen LogP contribution in [0, 0.1) is 0 Å². The van der Waals surface area contributed by atoms with Crippen LogP contribution in [0.4, 0.5) is 0 Å². The van der Waals surface area contributed by atoms with Crippen molar-refractivity contribution >= 4 is 29.1 Å². The van der Waals surface area contributed by atoms with Gasteiger partial charge in [0.05, 0.1) is 5.70 Å². The van der Waals surface area contributed by atoms with Gasteiger partial charge in [-0.1, -0.05) is 47.6 Å². The molecule has 0 radical (unpaired) electrons. The Kier molecular flexibility index (Phi) is 4.86. The SMILES string of the molecule is NNC(=C\Sc1ccc(Cl)cc1)/C=C1\Cc2ccccc2C1=O. The number of ketones is 1. The fraction of sp³-hybridized carbons (Fsp3) is 0.0556. The van der Waals surface area contributed by atoms with Crippen molar-refractivity contribution in [3.8, 4) is 0 Å². The lowest BCUT2D eigenvalue weighted by molar-refractivity contribution is 0.103. The van der Waals surface area contributed by atoms with Crippen molar-refractivity contribution in [2.75, 3.05) is 0 Å². The number of carbonyl (C=O) groups excluding carboxylic acids is 1. The van der Waals surface area contributed by atoms with Crippen molar-refractivity contribution < 1.29 is 4.79 Å². The Bertz CT molecular complexity index is 797. The summed E-state index contributed by atoms with van der Waals surface area (Å²) in [7, 11) is 0. The third-order valence-electron chi connectivity index (χ3n) is 3.57. The number of hydrogen-bond acceptors (Lipinski definition) is 4. The number of halogens is 1. The van der Waals surface area contributed by atoms with E-state index in [-0.39, 0.29) is 5.78 Å². The molecule has 0 saturated heterocycles. The number of benzene rings is 2. The first-order valence-electron chi connectivity index (χ1n) is 7.09. The van der Waals surface area contributed by atoms with Crippen LogP contribution in [0.1, 0.15) is 15.9 Å². The maximum absolute atomic E-state index is 12.4. The summed E-state index contributed by atoms with van der Waals surface area (Å²) >= 11 is 7.38. The van der Waals surface area contributed by atoms with Gasteiger partial charge in [0.25, 0.3) is 0 Å². The molecule has 3 rings (SSSR count). The molecule has 1 aliphatic carbocycles. The number of allylic oxidation sites excluding steroid dienone is 2. The van der Waals surface area contributed by atoms with Gasteiger partial charge in [-0.2, -0.15) is 0 Å². The Hall–Kier alpha value is -2.01. The molecule has 5 heteroatoms. The Balaban J connectivity index is 1.78. The maximum atomic E-state index is 12.4.